The van der Waals surface area contributed by atoms with Crippen LogP contribution in [0.1, 0.15) is 17.5 Å². The van der Waals surface area contributed by atoms with Gasteiger partial charge in [0, 0.05) is 11.3 Å². The molecule has 0 aliphatic rings. The number of hydrogen-bond donors (Lipinski definition) is 1. The molecule has 3 aromatic rings. The summed E-state index contributed by atoms with van der Waals surface area (Å²) in [7, 11) is 0. The van der Waals surface area contributed by atoms with Crippen molar-refractivity contribution >= 4 is 11.8 Å². The number of aryl methyl sites for hydroxylation is 2. The molecule has 5 nitrogen and oxygen atoms in total. The van der Waals surface area contributed by atoms with Gasteiger partial charge >= 0.3 is 0 Å². The summed E-state index contributed by atoms with van der Waals surface area (Å²) in [6.45, 7) is 4.78. The van der Waals surface area contributed by atoms with Crippen molar-refractivity contribution in [2.75, 3.05) is 18.2 Å². The number of hydrogen-bond acceptors (Lipinski definition) is 5. The SMILES string of the molecule is Cc1ccc(-c2nnc(SCCCOc3cccc(C)c3)n2N)cc1. The summed E-state index contributed by atoms with van der Waals surface area (Å²) in [6.07, 6.45) is 0.908. The van der Waals surface area contributed by atoms with Crippen LogP contribution in [-0.2, 0) is 0 Å². The van der Waals surface area contributed by atoms with Gasteiger partial charge in [0.25, 0.3) is 0 Å². The standard InChI is InChI=1S/C19H22N4OS/c1-14-7-9-16(10-8-14)18-21-22-19(23(18)20)25-12-4-11-24-17-6-3-5-15(2)13-17/h3,5-10,13H,4,11-12,20H2,1-2H3. The van der Waals surface area contributed by atoms with E-state index in [1.807, 2.05) is 42.5 Å². The molecule has 0 aliphatic heterocycles. The first kappa shape index (κ1) is 17.4. The third kappa shape index (κ3) is 4.54. The highest BCUT2D eigenvalue weighted by molar-refractivity contribution is 7.99. The first-order chi connectivity index (χ1) is 12.1. The van der Waals surface area contributed by atoms with E-state index in [0.29, 0.717) is 17.6 Å². The molecule has 3 rings (SSSR count). The molecule has 0 atom stereocenters. The Morgan fingerprint density at radius 1 is 1.04 bits per heavy atom. The number of aromatic nitrogens is 3. The molecule has 0 fully saturated rings. The molecule has 0 saturated heterocycles. The second kappa shape index (κ2) is 8.07. The average Bonchev–Trinajstić information content (AvgIpc) is 2.96. The molecule has 0 unspecified atom stereocenters. The molecule has 1 aromatic heterocycles. The van der Waals surface area contributed by atoms with Crippen LogP contribution < -0.4 is 10.6 Å². The Labute approximate surface area is 152 Å². The maximum Gasteiger partial charge on any atom is 0.210 e. The van der Waals surface area contributed by atoms with E-state index in [9.17, 15) is 0 Å². The van der Waals surface area contributed by atoms with Gasteiger partial charge in [-0.15, -0.1) is 10.2 Å². The van der Waals surface area contributed by atoms with Gasteiger partial charge in [0.05, 0.1) is 6.61 Å². The van der Waals surface area contributed by atoms with E-state index in [4.69, 9.17) is 10.6 Å². The van der Waals surface area contributed by atoms with Gasteiger partial charge in [0.15, 0.2) is 5.82 Å². The van der Waals surface area contributed by atoms with E-state index in [1.165, 1.54) is 11.1 Å². The molecule has 2 aromatic carbocycles. The van der Waals surface area contributed by atoms with Crippen LogP contribution in [0.25, 0.3) is 11.4 Å². The zero-order chi connectivity index (χ0) is 17.6. The van der Waals surface area contributed by atoms with E-state index in [-0.39, 0.29) is 0 Å². The number of ether oxygens (including phenoxy) is 1. The van der Waals surface area contributed by atoms with Crippen molar-refractivity contribution in [3.05, 3.63) is 59.7 Å². The monoisotopic (exact) mass is 354 g/mol. The largest absolute Gasteiger partial charge is 0.494 e. The van der Waals surface area contributed by atoms with Gasteiger partial charge in [-0.1, -0.05) is 53.7 Å². The number of nitrogen functional groups attached to an aromatic ring is 1. The van der Waals surface area contributed by atoms with Crippen molar-refractivity contribution < 1.29 is 4.74 Å². The minimum atomic E-state index is 0.667. The molecule has 6 heteroatoms. The highest BCUT2D eigenvalue weighted by Gasteiger charge is 2.11. The Bertz CT molecular complexity index is 830. The summed E-state index contributed by atoms with van der Waals surface area (Å²) >= 11 is 1.59. The summed E-state index contributed by atoms with van der Waals surface area (Å²) in [5.74, 6) is 8.60. The molecule has 0 radical (unpaired) electrons. The number of thioether (sulfide) groups is 1. The molecule has 0 spiro atoms. The van der Waals surface area contributed by atoms with Crippen LogP contribution in [0.4, 0.5) is 0 Å². The molecule has 0 bridgehead atoms. The Morgan fingerprint density at radius 3 is 2.60 bits per heavy atom. The summed E-state index contributed by atoms with van der Waals surface area (Å²) in [5, 5.41) is 9.11. The third-order valence-corrected chi connectivity index (χ3v) is 4.78. The van der Waals surface area contributed by atoms with Crippen LogP contribution in [0.5, 0.6) is 5.75 Å². The second-order valence-corrected chi connectivity index (χ2v) is 6.97. The van der Waals surface area contributed by atoms with Crippen LogP contribution in [-0.4, -0.2) is 27.2 Å². The van der Waals surface area contributed by atoms with Gasteiger partial charge in [-0.3, -0.25) is 0 Å². The quantitative estimate of drug-likeness (QED) is 0.397. The summed E-state index contributed by atoms with van der Waals surface area (Å²) in [5.41, 5.74) is 3.37. The van der Waals surface area contributed by atoms with E-state index < -0.39 is 0 Å². The Balaban J connectivity index is 1.50. The van der Waals surface area contributed by atoms with Crippen LogP contribution in [0.3, 0.4) is 0 Å². The van der Waals surface area contributed by atoms with Crippen molar-refractivity contribution in [3.63, 3.8) is 0 Å². The molecular weight excluding hydrogens is 332 g/mol. The van der Waals surface area contributed by atoms with Crippen molar-refractivity contribution in [1.29, 1.82) is 0 Å². The lowest BCUT2D eigenvalue weighted by Crippen LogP contribution is -2.11. The fourth-order valence-corrected chi connectivity index (χ4v) is 3.16. The topological polar surface area (TPSA) is 66.0 Å². The van der Waals surface area contributed by atoms with Crippen LogP contribution in [0.2, 0.25) is 0 Å². The molecule has 25 heavy (non-hydrogen) atoms. The van der Waals surface area contributed by atoms with Crippen molar-refractivity contribution in [2.45, 2.75) is 25.4 Å². The van der Waals surface area contributed by atoms with E-state index in [0.717, 1.165) is 23.5 Å². The zero-order valence-electron chi connectivity index (χ0n) is 14.5. The van der Waals surface area contributed by atoms with Gasteiger partial charge in [0.2, 0.25) is 5.16 Å². The van der Waals surface area contributed by atoms with E-state index in [2.05, 4.69) is 30.1 Å². The Kier molecular flexibility index (Phi) is 5.60. The van der Waals surface area contributed by atoms with Crippen molar-refractivity contribution in [2.24, 2.45) is 0 Å². The predicted molar refractivity (Wildman–Crippen MR) is 102 cm³/mol. The summed E-state index contributed by atoms with van der Waals surface area (Å²) in [4.78, 5) is 0. The smallest absolute Gasteiger partial charge is 0.210 e. The van der Waals surface area contributed by atoms with Crippen molar-refractivity contribution in [1.82, 2.24) is 14.9 Å². The fraction of sp³-hybridized carbons (Fsp3) is 0.263. The maximum atomic E-state index is 6.14. The first-order valence-electron chi connectivity index (χ1n) is 8.23. The van der Waals surface area contributed by atoms with Gasteiger partial charge < -0.3 is 10.6 Å². The lowest BCUT2D eigenvalue weighted by atomic mass is 10.1. The van der Waals surface area contributed by atoms with Crippen LogP contribution >= 0.6 is 11.8 Å². The highest BCUT2D eigenvalue weighted by Crippen LogP contribution is 2.22. The highest BCUT2D eigenvalue weighted by atomic mass is 32.2. The summed E-state index contributed by atoms with van der Waals surface area (Å²) < 4.78 is 7.31. The van der Waals surface area contributed by atoms with Gasteiger partial charge in [-0.25, -0.2) is 4.68 Å². The number of rotatable bonds is 7. The number of benzene rings is 2. The van der Waals surface area contributed by atoms with Gasteiger partial charge in [-0.2, -0.15) is 0 Å². The second-order valence-electron chi connectivity index (χ2n) is 5.91. The predicted octanol–water partition coefficient (Wildman–Crippen LogP) is 3.84. The molecular formula is C19H22N4OS. The summed E-state index contributed by atoms with van der Waals surface area (Å²) in [6, 6.07) is 16.2. The normalized spacial score (nSPS) is 10.8. The molecule has 0 saturated carbocycles. The zero-order valence-corrected chi connectivity index (χ0v) is 15.3. The Morgan fingerprint density at radius 2 is 1.84 bits per heavy atom. The number of nitrogens with zero attached hydrogens (tertiary/aromatic N) is 3. The lowest BCUT2D eigenvalue weighted by Gasteiger charge is -2.07. The van der Waals surface area contributed by atoms with Crippen molar-refractivity contribution in [3.8, 4) is 17.1 Å². The van der Waals surface area contributed by atoms with E-state index in [1.54, 1.807) is 16.4 Å². The minimum Gasteiger partial charge on any atom is -0.494 e. The third-order valence-electron chi connectivity index (χ3n) is 3.75. The Hall–Kier alpha value is -2.47. The number of nitrogens with two attached hydrogens (primary N) is 1. The average molecular weight is 354 g/mol. The van der Waals surface area contributed by atoms with Gasteiger partial charge in [0.1, 0.15) is 5.75 Å². The molecule has 1 heterocycles. The fourth-order valence-electron chi connectivity index (χ4n) is 2.39. The minimum absolute atomic E-state index is 0.667. The van der Waals surface area contributed by atoms with Gasteiger partial charge in [-0.05, 0) is 38.0 Å². The molecule has 2 N–H and O–H groups in total. The van der Waals surface area contributed by atoms with E-state index >= 15 is 0 Å². The lowest BCUT2D eigenvalue weighted by molar-refractivity contribution is 0.318. The first-order valence-corrected chi connectivity index (χ1v) is 9.22. The molecule has 0 aliphatic carbocycles. The van der Waals surface area contributed by atoms with Crippen LogP contribution in [0.15, 0.2) is 53.7 Å². The van der Waals surface area contributed by atoms with Crippen LogP contribution in [0, 0.1) is 13.8 Å². The molecule has 0 amide bonds. The molecule has 130 valence electrons. The maximum absolute atomic E-state index is 6.14.